The van der Waals surface area contributed by atoms with Gasteiger partial charge in [0, 0.05) is 32.1 Å². The summed E-state index contributed by atoms with van der Waals surface area (Å²) in [6.07, 6.45) is 3.37. The molecule has 3 heterocycles. The zero-order chi connectivity index (χ0) is 19.7. The van der Waals surface area contributed by atoms with Crippen LogP contribution in [-0.4, -0.2) is 38.9 Å². The van der Waals surface area contributed by atoms with Gasteiger partial charge in [-0.05, 0) is 18.2 Å². The molecule has 0 atom stereocenters. The molecule has 0 saturated heterocycles. The molecule has 0 unspecified atom stereocenters. The molecule has 0 amide bonds. The highest BCUT2D eigenvalue weighted by Crippen LogP contribution is 2.33. The molecule has 140 valence electrons. The molecule has 0 aliphatic rings. The van der Waals surface area contributed by atoms with E-state index in [4.69, 9.17) is 4.74 Å². The minimum Gasteiger partial charge on any atom is -0.495 e. The second-order valence-electron chi connectivity index (χ2n) is 6.06. The number of nitrogens with zero attached hydrogens (tertiary/aromatic N) is 5. The van der Waals surface area contributed by atoms with E-state index in [0.29, 0.717) is 34.1 Å². The number of fused-ring (bicyclic) bond motifs is 1. The van der Waals surface area contributed by atoms with E-state index in [1.165, 1.54) is 0 Å². The molecule has 0 spiro atoms. The van der Waals surface area contributed by atoms with E-state index in [1.807, 2.05) is 31.3 Å². The van der Waals surface area contributed by atoms with Crippen molar-refractivity contribution in [3.63, 3.8) is 0 Å². The zero-order valence-electron chi connectivity index (χ0n) is 15.6. The predicted molar refractivity (Wildman–Crippen MR) is 107 cm³/mol. The number of H-pyrrole nitrogens is 1. The fraction of sp³-hybridized carbons (Fsp3) is 0.158. The van der Waals surface area contributed by atoms with Crippen LogP contribution in [0.4, 0.5) is 17.5 Å². The largest absolute Gasteiger partial charge is 0.495 e. The molecule has 0 bridgehead atoms. The van der Waals surface area contributed by atoms with Crippen molar-refractivity contribution in [2.24, 2.45) is 7.05 Å². The summed E-state index contributed by atoms with van der Waals surface area (Å²) >= 11 is 0. The summed E-state index contributed by atoms with van der Waals surface area (Å²) in [5, 5.41) is 20.3. The Bertz CT molecular complexity index is 1200. The topological polar surface area (TPSA) is 116 Å². The lowest BCUT2D eigenvalue weighted by atomic mass is 10.1. The standard InChI is InChI=1S/C19H18N8O/c1-21-17-16-12(9-20)10-22-18(16)26-19(25-17)24-13-5-4-11(8-15(13)28-3)14-6-7-23-27(14)2/h4-8,10H,1-3H3,(H3,21,22,24,25,26). The Labute approximate surface area is 161 Å². The van der Waals surface area contributed by atoms with Gasteiger partial charge in [0.15, 0.2) is 0 Å². The molecule has 9 heteroatoms. The molecule has 3 aromatic heterocycles. The Morgan fingerprint density at radius 3 is 2.79 bits per heavy atom. The second-order valence-corrected chi connectivity index (χ2v) is 6.06. The van der Waals surface area contributed by atoms with Gasteiger partial charge in [-0.1, -0.05) is 6.07 Å². The summed E-state index contributed by atoms with van der Waals surface area (Å²) in [5.41, 5.74) is 3.75. The summed E-state index contributed by atoms with van der Waals surface area (Å²) in [6, 6.07) is 9.89. The number of benzene rings is 1. The van der Waals surface area contributed by atoms with Crippen LogP contribution in [0, 0.1) is 11.3 Å². The minimum absolute atomic E-state index is 0.384. The SMILES string of the molecule is CNc1nc(Nc2ccc(-c3ccnn3C)cc2OC)nc2[nH]cc(C#N)c12. The van der Waals surface area contributed by atoms with Gasteiger partial charge < -0.3 is 20.4 Å². The number of hydrogen-bond donors (Lipinski definition) is 3. The van der Waals surface area contributed by atoms with E-state index in [-0.39, 0.29) is 0 Å². The molecule has 0 radical (unpaired) electrons. The number of ether oxygens (including phenoxy) is 1. The average Bonchev–Trinajstić information content (AvgIpc) is 3.33. The molecule has 0 aliphatic heterocycles. The maximum Gasteiger partial charge on any atom is 0.231 e. The Balaban J connectivity index is 1.73. The lowest BCUT2D eigenvalue weighted by Crippen LogP contribution is -2.03. The van der Waals surface area contributed by atoms with E-state index in [0.717, 1.165) is 16.9 Å². The number of hydrogen-bond acceptors (Lipinski definition) is 7. The number of aromatic nitrogens is 5. The van der Waals surface area contributed by atoms with E-state index in [9.17, 15) is 5.26 Å². The summed E-state index contributed by atoms with van der Waals surface area (Å²) in [7, 11) is 5.26. The highest BCUT2D eigenvalue weighted by Gasteiger charge is 2.15. The van der Waals surface area contributed by atoms with Crippen LogP contribution in [0.15, 0.2) is 36.7 Å². The van der Waals surface area contributed by atoms with Crippen LogP contribution in [0.3, 0.4) is 0 Å². The Morgan fingerprint density at radius 1 is 1.25 bits per heavy atom. The highest BCUT2D eigenvalue weighted by atomic mass is 16.5. The Kier molecular flexibility index (Phi) is 4.29. The van der Waals surface area contributed by atoms with Gasteiger partial charge in [-0.3, -0.25) is 4.68 Å². The molecular formula is C19H18N8O. The molecule has 9 nitrogen and oxygen atoms in total. The van der Waals surface area contributed by atoms with Crippen molar-refractivity contribution in [2.75, 3.05) is 24.8 Å². The monoisotopic (exact) mass is 374 g/mol. The van der Waals surface area contributed by atoms with Gasteiger partial charge in [-0.2, -0.15) is 20.3 Å². The summed E-state index contributed by atoms with van der Waals surface area (Å²) in [5.74, 6) is 1.60. The van der Waals surface area contributed by atoms with E-state index < -0.39 is 0 Å². The third-order valence-electron chi connectivity index (χ3n) is 4.45. The molecule has 4 rings (SSSR count). The van der Waals surface area contributed by atoms with Crippen LogP contribution in [0.5, 0.6) is 5.75 Å². The third kappa shape index (κ3) is 2.87. The number of nitrogens with one attached hydrogen (secondary N) is 3. The van der Waals surface area contributed by atoms with Gasteiger partial charge in [-0.15, -0.1) is 0 Å². The van der Waals surface area contributed by atoms with Crippen molar-refractivity contribution >= 4 is 28.5 Å². The first-order valence-corrected chi connectivity index (χ1v) is 8.55. The fourth-order valence-corrected chi connectivity index (χ4v) is 3.09. The van der Waals surface area contributed by atoms with Crippen molar-refractivity contribution in [1.29, 1.82) is 5.26 Å². The van der Waals surface area contributed by atoms with Gasteiger partial charge in [0.05, 0.1) is 29.4 Å². The molecule has 0 aliphatic carbocycles. The quantitative estimate of drug-likeness (QED) is 0.491. The Morgan fingerprint density at radius 2 is 2.11 bits per heavy atom. The van der Waals surface area contributed by atoms with E-state index in [1.54, 1.807) is 31.2 Å². The second kappa shape index (κ2) is 6.92. The van der Waals surface area contributed by atoms with Crippen molar-refractivity contribution in [3.8, 4) is 23.1 Å². The zero-order valence-corrected chi connectivity index (χ0v) is 15.6. The van der Waals surface area contributed by atoms with Gasteiger partial charge in [0.25, 0.3) is 0 Å². The maximum atomic E-state index is 9.25. The van der Waals surface area contributed by atoms with Crippen LogP contribution in [-0.2, 0) is 7.05 Å². The van der Waals surface area contributed by atoms with E-state index in [2.05, 4.69) is 36.8 Å². The van der Waals surface area contributed by atoms with Crippen molar-refractivity contribution in [2.45, 2.75) is 0 Å². The van der Waals surface area contributed by atoms with Crippen molar-refractivity contribution < 1.29 is 4.74 Å². The Hall–Kier alpha value is -4.06. The van der Waals surface area contributed by atoms with Crippen LogP contribution in [0.1, 0.15) is 5.56 Å². The average molecular weight is 374 g/mol. The van der Waals surface area contributed by atoms with Gasteiger partial charge in [0.1, 0.15) is 23.3 Å². The highest BCUT2D eigenvalue weighted by molar-refractivity contribution is 5.93. The van der Waals surface area contributed by atoms with Gasteiger partial charge in [0.2, 0.25) is 5.95 Å². The molecule has 3 N–H and O–H groups in total. The van der Waals surface area contributed by atoms with Crippen molar-refractivity contribution in [1.82, 2.24) is 24.7 Å². The third-order valence-corrected chi connectivity index (χ3v) is 4.45. The van der Waals surface area contributed by atoms with Gasteiger partial charge in [-0.25, -0.2) is 0 Å². The van der Waals surface area contributed by atoms with Crippen molar-refractivity contribution in [3.05, 3.63) is 42.2 Å². The molecule has 0 fully saturated rings. The van der Waals surface area contributed by atoms with Crippen LogP contribution in [0.25, 0.3) is 22.3 Å². The minimum atomic E-state index is 0.384. The lowest BCUT2D eigenvalue weighted by molar-refractivity contribution is 0.417. The molecule has 28 heavy (non-hydrogen) atoms. The smallest absolute Gasteiger partial charge is 0.231 e. The number of rotatable bonds is 5. The van der Waals surface area contributed by atoms with Crippen LogP contribution < -0.4 is 15.4 Å². The lowest BCUT2D eigenvalue weighted by Gasteiger charge is -2.13. The predicted octanol–water partition coefficient (Wildman–Crippen LogP) is 3.02. The normalized spacial score (nSPS) is 10.6. The van der Waals surface area contributed by atoms with Crippen LogP contribution in [0.2, 0.25) is 0 Å². The van der Waals surface area contributed by atoms with Gasteiger partial charge >= 0.3 is 0 Å². The molecule has 1 aromatic carbocycles. The number of aromatic amines is 1. The number of nitriles is 1. The van der Waals surface area contributed by atoms with E-state index >= 15 is 0 Å². The number of aryl methyl sites for hydroxylation is 1. The first-order chi connectivity index (χ1) is 13.6. The summed E-state index contributed by atoms with van der Waals surface area (Å²) in [6.45, 7) is 0. The molecular weight excluding hydrogens is 356 g/mol. The summed E-state index contributed by atoms with van der Waals surface area (Å²) < 4.78 is 7.35. The molecule has 4 aromatic rings. The summed E-state index contributed by atoms with van der Waals surface area (Å²) in [4.78, 5) is 12.0. The fourth-order valence-electron chi connectivity index (χ4n) is 3.09. The first kappa shape index (κ1) is 17.4. The first-order valence-electron chi connectivity index (χ1n) is 8.55. The number of anilines is 3. The van der Waals surface area contributed by atoms with Crippen LogP contribution >= 0.6 is 0 Å². The number of methoxy groups -OCH3 is 1. The maximum absolute atomic E-state index is 9.25. The molecule has 0 saturated carbocycles.